The number of rotatable bonds is 15. The fraction of sp³-hybridized carbons (Fsp3) is 0.833. The van der Waals surface area contributed by atoms with Gasteiger partial charge in [0, 0.05) is 13.0 Å². The van der Waals surface area contributed by atoms with E-state index in [0.717, 1.165) is 11.5 Å². The maximum Gasteiger partial charge on any atom is 0.436 e. The van der Waals surface area contributed by atoms with Gasteiger partial charge in [0.05, 0.1) is 13.2 Å². The molecule has 2 aliphatic rings. The molecule has 4 atom stereocenters. The van der Waals surface area contributed by atoms with Crippen LogP contribution in [0.25, 0.3) is 0 Å². The first kappa shape index (κ1) is 35.3. The van der Waals surface area contributed by atoms with Crippen molar-refractivity contribution in [3.05, 3.63) is 0 Å². The molecule has 3 N–H and O–H groups in total. The van der Waals surface area contributed by atoms with Crippen molar-refractivity contribution in [3.8, 4) is 0 Å². The maximum absolute atomic E-state index is 14.2. The zero-order valence-electron chi connectivity index (χ0n) is 26.8. The van der Waals surface area contributed by atoms with Crippen molar-refractivity contribution in [2.45, 2.75) is 118 Å². The van der Waals surface area contributed by atoms with Gasteiger partial charge in [-0.1, -0.05) is 55.4 Å². The zero-order chi connectivity index (χ0) is 31.7. The van der Waals surface area contributed by atoms with E-state index < -0.39 is 42.3 Å². The molecular formula is C30H53N5O7. The third-order valence-corrected chi connectivity index (χ3v) is 7.47. The lowest BCUT2D eigenvalue weighted by atomic mass is 9.93. The van der Waals surface area contributed by atoms with Crippen molar-refractivity contribution < 1.29 is 33.5 Å². The Balaban J connectivity index is 2.51. The van der Waals surface area contributed by atoms with Gasteiger partial charge in [0.15, 0.2) is 12.3 Å². The first-order valence-corrected chi connectivity index (χ1v) is 15.4. The van der Waals surface area contributed by atoms with Crippen LogP contribution in [-0.2, 0) is 28.8 Å². The number of carbonyl (C=O) groups is 5. The van der Waals surface area contributed by atoms with E-state index >= 15 is 0 Å². The molecule has 0 aromatic rings. The average molecular weight is 596 g/mol. The summed E-state index contributed by atoms with van der Waals surface area (Å²) in [5, 5.41) is 4.00. The topological polar surface area (TPSA) is 152 Å². The maximum atomic E-state index is 14.2. The molecule has 1 unspecified atom stereocenters. The van der Waals surface area contributed by atoms with E-state index in [-0.39, 0.29) is 49.6 Å². The number of hydrogen-bond donors (Lipinski definition) is 2. The molecule has 0 radical (unpaired) electrons. The van der Waals surface area contributed by atoms with E-state index in [9.17, 15) is 24.0 Å². The monoisotopic (exact) mass is 595 g/mol. The molecule has 5 amide bonds. The summed E-state index contributed by atoms with van der Waals surface area (Å²) >= 11 is 0. The summed E-state index contributed by atoms with van der Waals surface area (Å²) in [6.07, 6.45) is -1.01. The zero-order valence-corrected chi connectivity index (χ0v) is 26.8. The van der Waals surface area contributed by atoms with Gasteiger partial charge >= 0.3 is 6.09 Å². The number of primary amides is 1. The summed E-state index contributed by atoms with van der Waals surface area (Å²) in [6, 6.07) is -1.72. The van der Waals surface area contributed by atoms with E-state index in [1.807, 2.05) is 41.5 Å². The summed E-state index contributed by atoms with van der Waals surface area (Å²) < 4.78 is 5.53. The normalized spacial score (nSPS) is 21.8. The van der Waals surface area contributed by atoms with E-state index in [1.165, 1.54) is 9.80 Å². The van der Waals surface area contributed by atoms with E-state index in [1.54, 1.807) is 0 Å². The summed E-state index contributed by atoms with van der Waals surface area (Å²) in [6.45, 7) is 16.5. The van der Waals surface area contributed by atoms with Crippen molar-refractivity contribution in [3.63, 3.8) is 0 Å². The molecule has 12 nitrogen and oxygen atoms in total. The minimum absolute atomic E-state index is 0.0223. The number of piperazine rings is 1. The third-order valence-electron chi connectivity index (χ3n) is 7.47. The highest BCUT2D eigenvalue weighted by atomic mass is 16.7. The molecule has 240 valence electrons. The van der Waals surface area contributed by atoms with Crippen molar-refractivity contribution in [2.75, 3.05) is 19.7 Å². The number of carbonyl (C=O) groups excluding carboxylic acids is 5. The lowest BCUT2D eigenvalue weighted by Gasteiger charge is -2.54. The van der Waals surface area contributed by atoms with Gasteiger partial charge < -0.3 is 25.6 Å². The molecule has 2 heterocycles. The molecule has 0 aliphatic carbocycles. The van der Waals surface area contributed by atoms with Crippen LogP contribution in [0, 0.1) is 23.7 Å². The minimum atomic E-state index is -1.19. The lowest BCUT2D eigenvalue weighted by Crippen LogP contribution is -2.75. The highest BCUT2D eigenvalue weighted by Gasteiger charge is 2.55. The minimum Gasteiger partial charge on any atom is -0.448 e. The summed E-state index contributed by atoms with van der Waals surface area (Å²) in [5.41, 5.74) is 5.34. The van der Waals surface area contributed by atoms with Crippen LogP contribution in [0.1, 0.15) is 93.9 Å². The number of fused-ring (bicyclic) bond motifs is 1. The molecule has 0 aromatic carbocycles. The molecule has 0 saturated carbocycles. The molecular weight excluding hydrogens is 542 g/mol. The SMILES string of the molecule is CC(C)CCNC(=O)[C@H](CC(C)C)N1CC2N(C(=O)OCCC(C)C)O[C@H](CCC(N)=O)C(=O)N2[C@@H](CC(C)C)C1=O. The Labute approximate surface area is 250 Å². The van der Waals surface area contributed by atoms with Crippen molar-refractivity contribution >= 4 is 29.7 Å². The predicted molar refractivity (Wildman–Crippen MR) is 157 cm³/mol. The largest absolute Gasteiger partial charge is 0.448 e. The summed E-state index contributed by atoms with van der Waals surface area (Å²) in [7, 11) is 0. The Morgan fingerprint density at radius 2 is 1.60 bits per heavy atom. The van der Waals surface area contributed by atoms with Crippen LogP contribution in [0.4, 0.5) is 4.79 Å². The second-order valence-corrected chi connectivity index (χ2v) is 13.2. The average Bonchev–Trinajstić information content (AvgIpc) is 2.87. The second-order valence-electron chi connectivity index (χ2n) is 13.2. The molecule has 0 aromatic heterocycles. The van der Waals surface area contributed by atoms with Gasteiger partial charge in [-0.15, -0.1) is 0 Å². The highest BCUT2D eigenvalue weighted by Crippen LogP contribution is 2.33. The van der Waals surface area contributed by atoms with Gasteiger partial charge in [0.1, 0.15) is 12.1 Å². The number of nitrogens with two attached hydrogens (primary N) is 1. The molecule has 2 saturated heterocycles. The van der Waals surface area contributed by atoms with Gasteiger partial charge in [-0.05, 0) is 55.8 Å². The summed E-state index contributed by atoms with van der Waals surface area (Å²) in [4.78, 5) is 75.2. The Hall–Kier alpha value is -2.89. The standard InChI is InChI=1S/C30H53N5O7/c1-18(2)11-13-32-27(37)22(15-20(5)6)33-17-26-34(23(28(33)38)16-21(7)8)29(39)24(9-10-25(31)36)42-35(26)30(40)41-14-12-19(3)4/h18-24,26H,9-17H2,1-8H3,(H2,31,36)(H,32,37)/t22-,23-,24+,26?/m0/s1. The molecule has 2 fully saturated rings. The van der Waals surface area contributed by atoms with E-state index in [4.69, 9.17) is 15.3 Å². The Morgan fingerprint density at radius 3 is 2.14 bits per heavy atom. The summed E-state index contributed by atoms with van der Waals surface area (Å²) in [5.74, 6) is -0.895. The first-order chi connectivity index (χ1) is 19.6. The molecule has 12 heteroatoms. The second kappa shape index (κ2) is 16.1. The van der Waals surface area contributed by atoms with Gasteiger partial charge in [0.25, 0.3) is 5.91 Å². The van der Waals surface area contributed by atoms with Crippen molar-refractivity contribution in [2.24, 2.45) is 29.4 Å². The van der Waals surface area contributed by atoms with Crippen LogP contribution >= 0.6 is 0 Å². The predicted octanol–water partition coefficient (Wildman–Crippen LogP) is 3.04. The first-order valence-electron chi connectivity index (χ1n) is 15.4. The van der Waals surface area contributed by atoms with Crippen LogP contribution < -0.4 is 11.1 Å². The molecule has 42 heavy (non-hydrogen) atoms. The third kappa shape index (κ3) is 9.84. The van der Waals surface area contributed by atoms with Crippen LogP contribution in [0.2, 0.25) is 0 Å². The Morgan fingerprint density at radius 1 is 0.952 bits per heavy atom. The number of ether oxygens (including phenoxy) is 1. The molecule has 2 aliphatic heterocycles. The van der Waals surface area contributed by atoms with Gasteiger partial charge in [-0.3, -0.25) is 24.0 Å². The lowest BCUT2D eigenvalue weighted by molar-refractivity contribution is -0.269. The number of amides is 5. The fourth-order valence-electron chi connectivity index (χ4n) is 5.20. The van der Waals surface area contributed by atoms with E-state index in [0.29, 0.717) is 37.6 Å². The van der Waals surface area contributed by atoms with Crippen LogP contribution in [-0.4, -0.2) is 88.6 Å². The molecule has 2 rings (SSSR count). The smallest absolute Gasteiger partial charge is 0.436 e. The number of nitrogens with zero attached hydrogens (tertiary/aromatic N) is 3. The van der Waals surface area contributed by atoms with Crippen molar-refractivity contribution in [1.29, 1.82) is 0 Å². The highest BCUT2D eigenvalue weighted by molar-refractivity contribution is 5.95. The van der Waals surface area contributed by atoms with Crippen LogP contribution in [0.3, 0.4) is 0 Å². The van der Waals surface area contributed by atoms with Gasteiger partial charge in [-0.25, -0.2) is 4.79 Å². The quantitative estimate of drug-likeness (QED) is 0.295. The van der Waals surface area contributed by atoms with Crippen LogP contribution in [0.5, 0.6) is 0 Å². The molecule has 0 bridgehead atoms. The van der Waals surface area contributed by atoms with Gasteiger partial charge in [0.2, 0.25) is 17.7 Å². The van der Waals surface area contributed by atoms with Crippen LogP contribution in [0.15, 0.2) is 0 Å². The Bertz CT molecular complexity index is 954. The molecule has 0 spiro atoms. The fourth-order valence-corrected chi connectivity index (χ4v) is 5.20. The number of nitrogens with one attached hydrogen (secondary N) is 1. The van der Waals surface area contributed by atoms with Crippen molar-refractivity contribution in [1.82, 2.24) is 20.2 Å². The van der Waals surface area contributed by atoms with E-state index in [2.05, 4.69) is 19.2 Å². The Kier molecular flexibility index (Phi) is 13.5. The number of hydroxylamine groups is 2. The van der Waals surface area contributed by atoms with Gasteiger partial charge in [-0.2, -0.15) is 5.06 Å². The number of hydrogen-bond acceptors (Lipinski definition) is 7.